The van der Waals surface area contributed by atoms with E-state index in [4.69, 9.17) is 24.4 Å². The van der Waals surface area contributed by atoms with Gasteiger partial charge in [0.15, 0.2) is 10.2 Å². The number of fused-ring (bicyclic) bond motifs is 4. The molecule has 0 aromatic rings. The maximum atomic E-state index is 5.70. The van der Waals surface area contributed by atoms with Crippen molar-refractivity contribution in [2.24, 2.45) is 23.7 Å². The van der Waals surface area contributed by atoms with Gasteiger partial charge in [0, 0.05) is 38.3 Å². The first-order valence-electron chi connectivity index (χ1n) is 10.1. The molecule has 26 heavy (non-hydrogen) atoms. The highest BCUT2D eigenvalue weighted by molar-refractivity contribution is 7.80. The minimum Gasteiger partial charge on any atom is -0.359 e. The summed E-state index contributed by atoms with van der Waals surface area (Å²) >= 11 is 11.4. The van der Waals surface area contributed by atoms with Crippen LogP contribution < -0.4 is 10.6 Å². The number of hydrogen-bond acceptors (Lipinski definition) is 2. The molecule has 4 bridgehead atoms. The SMILES string of the molecule is S=C(N[C@H]1C[C@@H]2C=C[C@@H]1C2)N1CCN(C(=S)N[C@@H]2C[C@@H]3C=C[C@@H]2C3)CC1. The number of nitrogens with one attached hydrogen (secondary N) is 2. The molecule has 0 spiro atoms. The summed E-state index contributed by atoms with van der Waals surface area (Å²) in [5.74, 6) is 2.93. The van der Waals surface area contributed by atoms with Gasteiger partial charge in [-0.15, -0.1) is 0 Å². The van der Waals surface area contributed by atoms with Crippen LogP contribution in [0.2, 0.25) is 0 Å². The van der Waals surface area contributed by atoms with Crippen LogP contribution in [-0.2, 0) is 0 Å². The summed E-state index contributed by atoms with van der Waals surface area (Å²) in [5, 5.41) is 9.14. The van der Waals surface area contributed by atoms with Crippen LogP contribution in [0.15, 0.2) is 24.3 Å². The van der Waals surface area contributed by atoms with Crippen molar-refractivity contribution in [2.75, 3.05) is 26.2 Å². The Hall–Kier alpha value is -1.14. The zero-order valence-corrected chi connectivity index (χ0v) is 16.8. The van der Waals surface area contributed by atoms with E-state index in [1.165, 1.54) is 25.7 Å². The molecular weight excluding hydrogens is 360 g/mol. The predicted octanol–water partition coefficient (Wildman–Crippen LogP) is 2.28. The average molecular weight is 389 g/mol. The fraction of sp³-hybridized carbons (Fsp3) is 0.700. The van der Waals surface area contributed by atoms with E-state index in [-0.39, 0.29) is 0 Å². The number of allylic oxidation sites excluding steroid dienone is 2. The van der Waals surface area contributed by atoms with Crippen molar-refractivity contribution < 1.29 is 0 Å². The highest BCUT2D eigenvalue weighted by Crippen LogP contribution is 2.39. The second-order valence-electron chi connectivity index (χ2n) is 8.65. The molecule has 4 aliphatic carbocycles. The summed E-state index contributed by atoms with van der Waals surface area (Å²) in [4.78, 5) is 4.65. The lowest BCUT2D eigenvalue weighted by atomic mass is 10.0. The minimum absolute atomic E-state index is 0.545. The maximum Gasteiger partial charge on any atom is 0.169 e. The van der Waals surface area contributed by atoms with Crippen LogP contribution in [0.1, 0.15) is 25.7 Å². The quantitative estimate of drug-likeness (QED) is 0.558. The molecular formula is C20H28N4S2. The third kappa shape index (κ3) is 3.15. The molecule has 0 aromatic heterocycles. The molecule has 2 saturated carbocycles. The topological polar surface area (TPSA) is 30.5 Å². The van der Waals surface area contributed by atoms with Crippen LogP contribution in [0.25, 0.3) is 0 Å². The van der Waals surface area contributed by atoms with Gasteiger partial charge in [-0.25, -0.2) is 0 Å². The van der Waals surface area contributed by atoms with Crippen molar-refractivity contribution in [1.29, 1.82) is 0 Å². The second kappa shape index (κ2) is 6.79. The van der Waals surface area contributed by atoms with Crippen molar-refractivity contribution in [3.8, 4) is 0 Å². The molecule has 0 aromatic carbocycles. The van der Waals surface area contributed by atoms with Gasteiger partial charge in [0.25, 0.3) is 0 Å². The summed E-state index contributed by atoms with van der Waals surface area (Å²) in [5.41, 5.74) is 0. The Bertz CT molecular complexity index is 596. The number of hydrogen-bond donors (Lipinski definition) is 2. The van der Waals surface area contributed by atoms with Crippen LogP contribution in [0.5, 0.6) is 0 Å². The predicted molar refractivity (Wildman–Crippen MR) is 113 cm³/mol. The van der Waals surface area contributed by atoms with E-state index in [1.807, 2.05) is 0 Å². The Kier molecular flexibility index (Phi) is 4.44. The first kappa shape index (κ1) is 17.0. The van der Waals surface area contributed by atoms with Gasteiger partial charge in [-0.1, -0.05) is 24.3 Å². The minimum atomic E-state index is 0.545. The van der Waals surface area contributed by atoms with Gasteiger partial charge in [-0.05, 0) is 73.8 Å². The highest BCUT2D eigenvalue weighted by atomic mass is 32.1. The summed E-state index contributed by atoms with van der Waals surface area (Å²) in [6.45, 7) is 3.84. The van der Waals surface area contributed by atoms with Crippen LogP contribution in [0.3, 0.4) is 0 Å². The lowest BCUT2D eigenvalue weighted by molar-refractivity contribution is 0.249. The van der Waals surface area contributed by atoms with Gasteiger partial charge in [0.2, 0.25) is 0 Å². The molecule has 5 aliphatic rings. The van der Waals surface area contributed by atoms with E-state index in [2.05, 4.69) is 44.7 Å². The fourth-order valence-electron chi connectivity index (χ4n) is 5.51. The normalized spacial score (nSPS) is 39.7. The Balaban J connectivity index is 1.08. The van der Waals surface area contributed by atoms with Crippen LogP contribution in [-0.4, -0.2) is 58.3 Å². The average Bonchev–Trinajstić information content (AvgIpc) is 3.43. The number of thiocarbonyl (C=S) groups is 2. The van der Waals surface area contributed by atoms with Gasteiger partial charge >= 0.3 is 0 Å². The van der Waals surface area contributed by atoms with Gasteiger partial charge in [-0.3, -0.25) is 0 Å². The fourth-order valence-corrected chi connectivity index (χ4v) is 6.17. The monoisotopic (exact) mass is 388 g/mol. The van der Waals surface area contributed by atoms with Gasteiger partial charge in [0.05, 0.1) is 0 Å². The third-order valence-electron chi connectivity index (χ3n) is 7.03. The van der Waals surface area contributed by atoms with Crippen LogP contribution in [0, 0.1) is 23.7 Å². The molecule has 2 N–H and O–H groups in total. The number of rotatable bonds is 2. The molecule has 140 valence electrons. The van der Waals surface area contributed by atoms with Crippen molar-refractivity contribution in [3.05, 3.63) is 24.3 Å². The van der Waals surface area contributed by atoms with E-state index in [9.17, 15) is 0 Å². The van der Waals surface area contributed by atoms with Crippen molar-refractivity contribution in [1.82, 2.24) is 20.4 Å². The molecule has 1 saturated heterocycles. The lowest BCUT2D eigenvalue weighted by Crippen LogP contribution is -2.57. The summed E-state index contributed by atoms with van der Waals surface area (Å²) in [6.07, 6.45) is 14.6. The molecule has 0 unspecified atom stereocenters. The molecule has 0 radical (unpaired) electrons. The van der Waals surface area contributed by atoms with Gasteiger partial charge in [-0.2, -0.15) is 0 Å². The molecule has 3 fully saturated rings. The molecule has 1 aliphatic heterocycles. The summed E-state index contributed by atoms with van der Waals surface area (Å²) in [7, 11) is 0. The van der Waals surface area contributed by atoms with Crippen molar-refractivity contribution >= 4 is 34.7 Å². The molecule has 5 rings (SSSR count). The van der Waals surface area contributed by atoms with Crippen LogP contribution >= 0.6 is 24.4 Å². The zero-order valence-electron chi connectivity index (χ0n) is 15.1. The van der Waals surface area contributed by atoms with Crippen molar-refractivity contribution in [3.63, 3.8) is 0 Å². The zero-order chi connectivity index (χ0) is 17.7. The Labute approximate surface area is 167 Å². The van der Waals surface area contributed by atoms with Gasteiger partial charge < -0.3 is 20.4 Å². The van der Waals surface area contributed by atoms with E-state index < -0.39 is 0 Å². The summed E-state index contributed by atoms with van der Waals surface area (Å²) in [6, 6.07) is 1.09. The number of piperazine rings is 1. The molecule has 6 atom stereocenters. The van der Waals surface area contributed by atoms with E-state index in [1.54, 1.807) is 0 Å². The van der Waals surface area contributed by atoms with E-state index >= 15 is 0 Å². The smallest absolute Gasteiger partial charge is 0.169 e. The van der Waals surface area contributed by atoms with Gasteiger partial charge in [0.1, 0.15) is 0 Å². The molecule has 0 amide bonds. The Morgan fingerprint density at radius 1 is 0.654 bits per heavy atom. The first-order chi connectivity index (χ1) is 12.7. The summed E-state index contributed by atoms with van der Waals surface area (Å²) < 4.78 is 0. The first-order valence-corrected chi connectivity index (χ1v) is 10.9. The van der Waals surface area contributed by atoms with E-state index in [0.29, 0.717) is 23.9 Å². The molecule has 6 heteroatoms. The largest absolute Gasteiger partial charge is 0.359 e. The maximum absolute atomic E-state index is 5.70. The molecule has 4 nitrogen and oxygen atoms in total. The van der Waals surface area contributed by atoms with Crippen LogP contribution in [0.4, 0.5) is 0 Å². The Morgan fingerprint density at radius 3 is 1.38 bits per heavy atom. The molecule has 1 heterocycles. The second-order valence-corrected chi connectivity index (χ2v) is 9.42. The Morgan fingerprint density at radius 2 is 1.08 bits per heavy atom. The highest BCUT2D eigenvalue weighted by Gasteiger charge is 2.38. The van der Waals surface area contributed by atoms with Crippen molar-refractivity contribution in [2.45, 2.75) is 37.8 Å². The third-order valence-corrected chi connectivity index (χ3v) is 7.78. The standard InChI is InChI=1S/C20H28N4S2/c25-19(21-17-11-13-1-3-15(17)9-13)23-5-7-24(8-6-23)20(26)22-18-12-14-2-4-16(18)10-14/h1-4,13-18H,5-12H2,(H,21,25)(H,22,26)/t13-,14-,15-,16-,17-,18+/m1/s1. The lowest BCUT2D eigenvalue weighted by Gasteiger charge is -2.39. The number of nitrogens with zero attached hydrogens (tertiary/aromatic N) is 2. The van der Waals surface area contributed by atoms with E-state index in [0.717, 1.165) is 48.2 Å².